The lowest BCUT2D eigenvalue weighted by molar-refractivity contribution is -0.127. The van der Waals surface area contributed by atoms with Crippen LogP contribution in [0.25, 0.3) is 0 Å². The van der Waals surface area contributed by atoms with E-state index in [0.717, 1.165) is 5.69 Å². The lowest BCUT2D eigenvalue weighted by atomic mass is 10.1. The molecule has 1 N–H and O–H groups in total. The number of Topliss-reactive ketones (excluding diaryl/α,β-unsaturated/α-hetero) is 1. The van der Waals surface area contributed by atoms with Gasteiger partial charge in [-0.2, -0.15) is 0 Å². The molecule has 3 aromatic rings. The Labute approximate surface area is 209 Å². The van der Waals surface area contributed by atoms with Crippen LogP contribution in [0.3, 0.4) is 0 Å². The molecule has 186 valence electrons. The zero-order valence-electron chi connectivity index (χ0n) is 20.1. The number of rotatable bonds is 10. The summed E-state index contributed by atoms with van der Waals surface area (Å²) in [5, 5.41) is 2.85. The van der Waals surface area contributed by atoms with Crippen molar-refractivity contribution in [2.24, 2.45) is 0 Å². The van der Waals surface area contributed by atoms with Gasteiger partial charge in [0.2, 0.25) is 5.91 Å². The van der Waals surface area contributed by atoms with Gasteiger partial charge in [-0.25, -0.2) is 0 Å². The molecule has 1 aliphatic heterocycles. The van der Waals surface area contributed by atoms with E-state index in [9.17, 15) is 14.4 Å². The van der Waals surface area contributed by atoms with E-state index >= 15 is 0 Å². The van der Waals surface area contributed by atoms with Crippen LogP contribution in [0.4, 0.5) is 5.69 Å². The predicted molar refractivity (Wildman–Crippen MR) is 133 cm³/mol. The maximum Gasteiger partial charge on any atom is 0.265 e. The monoisotopic (exact) mass is 489 g/mol. The number of nitrogens with one attached hydrogen (secondary N) is 1. The average molecular weight is 490 g/mol. The first-order valence-corrected chi connectivity index (χ1v) is 11.5. The topological polar surface area (TPSA) is 107 Å². The van der Waals surface area contributed by atoms with Gasteiger partial charge in [0, 0.05) is 36.5 Å². The van der Waals surface area contributed by atoms with Crippen molar-refractivity contribution in [3.8, 4) is 17.2 Å². The van der Waals surface area contributed by atoms with E-state index in [-0.39, 0.29) is 30.8 Å². The summed E-state index contributed by atoms with van der Waals surface area (Å²) in [6, 6.07) is 16.5. The molecule has 0 fully saturated rings. The summed E-state index contributed by atoms with van der Waals surface area (Å²) in [5.41, 5.74) is 1.56. The first-order chi connectivity index (χ1) is 17.5. The molecule has 4 rings (SSSR count). The standard InChI is InChI=1S/C27H27N3O6/c1-18(27(33)29-13-11-20-6-3-4-12-28-20)30-23-14-19(9-10-25(23)36-17-26(30)32)24(31)16-35-22-8-5-7-21(15-22)34-2/h3-10,12,14-15,18H,11,13,16-17H2,1-2H3,(H,29,33). The molecule has 9 heteroatoms. The highest BCUT2D eigenvalue weighted by Crippen LogP contribution is 2.34. The molecule has 1 aromatic heterocycles. The molecule has 0 saturated carbocycles. The van der Waals surface area contributed by atoms with Gasteiger partial charge in [-0.15, -0.1) is 0 Å². The van der Waals surface area contributed by atoms with Crippen LogP contribution in [0.2, 0.25) is 0 Å². The fourth-order valence-corrected chi connectivity index (χ4v) is 3.82. The van der Waals surface area contributed by atoms with Gasteiger partial charge in [-0.3, -0.25) is 24.3 Å². The van der Waals surface area contributed by atoms with Crippen molar-refractivity contribution in [3.63, 3.8) is 0 Å². The number of ether oxygens (including phenoxy) is 3. The minimum absolute atomic E-state index is 0.190. The Morgan fingerprint density at radius 3 is 2.72 bits per heavy atom. The van der Waals surface area contributed by atoms with Crippen molar-refractivity contribution < 1.29 is 28.6 Å². The largest absolute Gasteiger partial charge is 0.497 e. The van der Waals surface area contributed by atoms with Crippen molar-refractivity contribution in [1.82, 2.24) is 10.3 Å². The number of hydrogen-bond acceptors (Lipinski definition) is 7. The molecule has 1 atom stereocenters. The molecule has 36 heavy (non-hydrogen) atoms. The minimum Gasteiger partial charge on any atom is -0.497 e. The summed E-state index contributed by atoms with van der Waals surface area (Å²) in [4.78, 5) is 44.0. The summed E-state index contributed by atoms with van der Waals surface area (Å²) < 4.78 is 16.3. The van der Waals surface area contributed by atoms with Gasteiger partial charge in [0.1, 0.15) is 23.3 Å². The van der Waals surface area contributed by atoms with Crippen LogP contribution in [0.1, 0.15) is 23.0 Å². The molecule has 2 aromatic carbocycles. The summed E-state index contributed by atoms with van der Waals surface area (Å²) in [6.45, 7) is 1.63. The van der Waals surface area contributed by atoms with Crippen molar-refractivity contribution in [1.29, 1.82) is 0 Å². The normalized spacial score (nSPS) is 13.3. The number of nitrogens with zero attached hydrogens (tertiary/aromatic N) is 2. The Hall–Kier alpha value is -4.40. The lowest BCUT2D eigenvalue weighted by Crippen LogP contribution is -2.51. The molecule has 0 spiro atoms. The first kappa shape index (κ1) is 24.7. The molecule has 2 heterocycles. The highest BCUT2D eigenvalue weighted by molar-refractivity contribution is 6.05. The van der Waals surface area contributed by atoms with Crippen LogP contribution in [0.5, 0.6) is 17.2 Å². The van der Waals surface area contributed by atoms with Crippen molar-refractivity contribution >= 4 is 23.3 Å². The Balaban J connectivity index is 1.44. The van der Waals surface area contributed by atoms with Gasteiger partial charge in [0.25, 0.3) is 5.91 Å². The van der Waals surface area contributed by atoms with Crippen LogP contribution in [0.15, 0.2) is 66.9 Å². The third kappa shape index (κ3) is 5.80. The predicted octanol–water partition coefficient (Wildman–Crippen LogP) is 2.82. The molecule has 0 saturated heterocycles. The molecule has 1 aliphatic rings. The number of amides is 2. The van der Waals surface area contributed by atoms with E-state index in [1.165, 1.54) is 4.90 Å². The quantitative estimate of drug-likeness (QED) is 0.437. The van der Waals surface area contributed by atoms with E-state index in [1.807, 2.05) is 18.2 Å². The van der Waals surface area contributed by atoms with Gasteiger partial charge >= 0.3 is 0 Å². The van der Waals surface area contributed by atoms with E-state index in [0.29, 0.717) is 41.5 Å². The van der Waals surface area contributed by atoms with Crippen molar-refractivity contribution in [3.05, 3.63) is 78.1 Å². The number of ketones is 1. The Bertz CT molecular complexity index is 1250. The molecule has 2 amide bonds. The van der Waals surface area contributed by atoms with Gasteiger partial charge < -0.3 is 19.5 Å². The second kappa shape index (κ2) is 11.4. The maximum absolute atomic E-state index is 12.9. The number of aromatic nitrogens is 1. The number of carbonyl (C=O) groups excluding carboxylic acids is 3. The first-order valence-electron chi connectivity index (χ1n) is 11.5. The summed E-state index contributed by atoms with van der Waals surface area (Å²) in [5.74, 6) is 0.570. The molecule has 1 unspecified atom stereocenters. The molecular weight excluding hydrogens is 462 g/mol. The van der Waals surface area contributed by atoms with Crippen LogP contribution in [0, 0.1) is 0 Å². The highest BCUT2D eigenvalue weighted by atomic mass is 16.5. The van der Waals surface area contributed by atoms with Crippen molar-refractivity contribution in [2.45, 2.75) is 19.4 Å². The smallest absolute Gasteiger partial charge is 0.265 e. The van der Waals surface area contributed by atoms with E-state index < -0.39 is 6.04 Å². The highest BCUT2D eigenvalue weighted by Gasteiger charge is 2.33. The van der Waals surface area contributed by atoms with E-state index in [2.05, 4.69) is 10.3 Å². The number of methoxy groups -OCH3 is 1. The number of hydrogen-bond donors (Lipinski definition) is 1. The average Bonchev–Trinajstić information content (AvgIpc) is 2.91. The van der Waals surface area contributed by atoms with E-state index in [4.69, 9.17) is 14.2 Å². The van der Waals surface area contributed by atoms with Gasteiger partial charge in [-0.1, -0.05) is 12.1 Å². The zero-order chi connectivity index (χ0) is 25.5. The molecule has 0 bridgehead atoms. The summed E-state index contributed by atoms with van der Waals surface area (Å²) in [7, 11) is 1.55. The third-order valence-corrected chi connectivity index (χ3v) is 5.74. The molecule has 0 aliphatic carbocycles. The van der Waals surface area contributed by atoms with Crippen LogP contribution in [-0.2, 0) is 16.0 Å². The number of pyridine rings is 1. The van der Waals surface area contributed by atoms with Crippen LogP contribution < -0.4 is 24.4 Å². The van der Waals surface area contributed by atoms with Crippen LogP contribution >= 0.6 is 0 Å². The molecule has 0 radical (unpaired) electrons. The number of anilines is 1. The van der Waals surface area contributed by atoms with Gasteiger partial charge in [0.05, 0.1) is 12.8 Å². The fourth-order valence-electron chi connectivity index (χ4n) is 3.82. The summed E-state index contributed by atoms with van der Waals surface area (Å²) >= 11 is 0. The molecular formula is C27H27N3O6. The number of carbonyl (C=O) groups is 3. The third-order valence-electron chi connectivity index (χ3n) is 5.74. The Kier molecular flexibility index (Phi) is 7.79. The molecule has 9 nitrogen and oxygen atoms in total. The van der Waals surface area contributed by atoms with E-state index in [1.54, 1.807) is 62.7 Å². The minimum atomic E-state index is -0.803. The second-order valence-electron chi connectivity index (χ2n) is 8.16. The van der Waals surface area contributed by atoms with Gasteiger partial charge in [-0.05, 0) is 49.4 Å². The lowest BCUT2D eigenvalue weighted by Gasteiger charge is -2.33. The van der Waals surface area contributed by atoms with Gasteiger partial charge in [0.15, 0.2) is 19.0 Å². The maximum atomic E-state index is 12.9. The SMILES string of the molecule is COc1cccc(OCC(=O)c2ccc3c(c2)N(C(C)C(=O)NCCc2ccccn2)C(=O)CO3)c1. The summed E-state index contributed by atoms with van der Waals surface area (Å²) in [6.07, 6.45) is 2.27. The Morgan fingerprint density at radius 1 is 1.11 bits per heavy atom. The van der Waals surface area contributed by atoms with Crippen molar-refractivity contribution in [2.75, 3.05) is 31.8 Å². The zero-order valence-corrected chi connectivity index (χ0v) is 20.1. The number of fused-ring (bicyclic) bond motifs is 1. The number of benzene rings is 2. The Morgan fingerprint density at radius 2 is 1.94 bits per heavy atom. The van der Waals surface area contributed by atoms with Crippen LogP contribution in [-0.4, -0.2) is 55.5 Å². The fraction of sp³-hybridized carbons (Fsp3) is 0.259. The second-order valence-corrected chi connectivity index (χ2v) is 8.16.